The van der Waals surface area contributed by atoms with Crippen LogP contribution < -0.4 is 5.73 Å². The number of sulfone groups is 1. The summed E-state index contributed by atoms with van der Waals surface area (Å²) in [5, 5.41) is -0.440. The molecule has 0 aromatic carbocycles. The Morgan fingerprint density at radius 3 is 2.72 bits per heavy atom. The quantitative estimate of drug-likeness (QED) is 0.753. The maximum atomic E-state index is 12.2. The molecule has 1 rings (SSSR count). The molecule has 1 aliphatic rings. The highest BCUT2D eigenvalue weighted by Crippen LogP contribution is 2.28. The Balaban J connectivity index is 3.01. The molecule has 1 aliphatic heterocycles. The van der Waals surface area contributed by atoms with Gasteiger partial charge in [0.05, 0.1) is 12.1 Å². The summed E-state index contributed by atoms with van der Waals surface area (Å²) in [4.78, 5) is 2.02. The van der Waals surface area contributed by atoms with Crippen molar-refractivity contribution in [1.29, 1.82) is 0 Å². The molecular weight excluding hydrogens is 272 g/mol. The number of ether oxygens (including phenoxy) is 1. The Hall–Kier alpha value is 0.180. The summed E-state index contributed by atoms with van der Waals surface area (Å²) < 4.78 is 29.6. The molecule has 0 saturated carbocycles. The molecule has 0 amide bonds. The normalized spacial score (nSPS) is 25.9. The molecule has 0 radical (unpaired) electrons. The summed E-state index contributed by atoms with van der Waals surface area (Å²) in [6.45, 7) is 5.25. The van der Waals surface area contributed by atoms with Crippen LogP contribution in [0.3, 0.4) is 0 Å². The van der Waals surface area contributed by atoms with Crippen LogP contribution in [-0.2, 0) is 14.6 Å². The van der Waals surface area contributed by atoms with Gasteiger partial charge in [-0.05, 0) is 6.92 Å². The van der Waals surface area contributed by atoms with Crippen LogP contribution in [0.5, 0.6) is 0 Å². The van der Waals surface area contributed by atoms with E-state index in [0.717, 1.165) is 12.3 Å². The fourth-order valence-corrected chi connectivity index (χ4v) is 5.38. The largest absolute Gasteiger partial charge is 0.383 e. The molecule has 1 fully saturated rings. The highest BCUT2D eigenvalue weighted by Gasteiger charge is 2.42. The van der Waals surface area contributed by atoms with Gasteiger partial charge >= 0.3 is 0 Å². The van der Waals surface area contributed by atoms with E-state index in [9.17, 15) is 8.42 Å². The fraction of sp³-hybridized carbons (Fsp3) is 1.00. The second kappa shape index (κ2) is 6.56. The minimum Gasteiger partial charge on any atom is -0.383 e. The molecule has 0 aliphatic carbocycles. The molecule has 2 unspecified atom stereocenters. The van der Waals surface area contributed by atoms with Gasteiger partial charge in [0.2, 0.25) is 0 Å². The van der Waals surface area contributed by atoms with Gasteiger partial charge < -0.3 is 10.5 Å². The summed E-state index contributed by atoms with van der Waals surface area (Å²) in [7, 11) is -1.47. The first-order valence-electron chi connectivity index (χ1n) is 6.16. The van der Waals surface area contributed by atoms with Crippen LogP contribution in [0.15, 0.2) is 0 Å². The number of methoxy groups -OCH3 is 1. The van der Waals surface area contributed by atoms with Crippen LogP contribution in [0.2, 0.25) is 0 Å². The average molecular weight is 296 g/mol. The zero-order chi connectivity index (χ0) is 13.8. The Morgan fingerprint density at radius 2 is 2.22 bits per heavy atom. The third-order valence-corrected chi connectivity index (χ3v) is 6.78. The monoisotopic (exact) mass is 296 g/mol. The van der Waals surface area contributed by atoms with Crippen molar-refractivity contribution in [3.63, 3.8) is 0 Å². The van der Waals surface area contributed by atoms with E-state index in [-0.39, 0.29) is 5.75 Å². The molecule has 2 atom stereocenters. The Labute approximate surface area is 114 Å². The molecule has 0 spiro atoms. The molecule has 18 heavy (non-hydrogen) atoms. The first kappa shape index (κ1) is 16.2. The maximum absolute atomic E-state index is 12.2. The molecule has 1 heterocycles. The van der Waals surface area contributed by atoms with Crippen LogP contribution >= 0.6 is 11.8 Å². The summed E-state index contributed by atoms with van der Waals surface area (Å²) in [5.74, 6) is 1.73. The smallest absolute Gasteiger partial charge is 0.166 e. The van der Waals surface area contributed by atoms with Crippen molar-refractivity contribution in [1.82, 2.24) is 4.90 Å². The number of thioether (sulfide) groups is 1. The predicted molar refractivity (Wildman–Crippen MR) is 76.6 cm³/mol. The van der Waals surface area contributed by atoms with Crippen LogP contribution in [0.25, 0.3) is 0 Å². The van der Waals surface area contributed by atoms with E-state index >= 15 is 0 Å². The van der Waals surface area contributed by atoms with Crippen molar-refractivity contribution >= 4 is 21.6 Å². The number of hydrogen-bond acceptors (Lipinski definition) is 6. The molecule has 1 saturated heterocycles. The summed E-state index contributed by atoms with van der Waals surface area (Å²) in [5.41, 5.74) is 5.43. The minimum absolute atomic E-state index is 0.169. The molecule has 5 nitrogen and oxygen atoms in total. The van der Waals surface area contributed by atoms with Crippen molar-refractivity contribution in [2.45, 2.75) is 24.8 Å². The minimum atomic E-state index is -3.09. The molecule has 2 N–H and O–H groups in total. The first-order chi connectivity index (χ1) is 8.41. The van der Waals surface area contributed by atoms with Gasteiger partial charge in [-0.3, -0.25) is 4.90 Å². The molecule has 0 aromatic rings. The third kappa shape index (κ3) is 3.39. The zero-order valence-corrected chi connectivity index (χ0v) is 13.0. The Morgan fingerprint density at radius 1 is 1.56 bits per heavy atom. The van der Waals surface area contributed by atoms with E-state index in [2.05, 4.69) is 0 Å². The van der Waals surface area contributed by atoms with Gasteiger partial charge in [0, 0.05) is 37.5 Å². The van der Waals surface area contributed by atoms with E-state index in [1.165, 1.54) is 0 Å². The number of hydrogen-bond donors (Lipinski definition) is 1. The van der Waals surface area contributed by atoms with Gasteiger partial charge in [0.1, 0.15) is 5.37 Å². The van der Waals surface area contributed by atoms with Gasteiger partial charge in [-0.15, -0.1) is 0 Å². The van der Waals surface area contributed by atoms with Crippen molar-refractivity contribution < 1.29 is 13.2 Å². The van der Waals surface area contributed by atoms with E-state index < -0.39 is 20.8 Å². The highest BCUT2D eigenvalue weighted by atomic mass is 32.2. The summed E-state index contributed by atoms with van der Waals surface area (Å²) >= 11 is 1.69. The molecule has 108 valence electrons. The van der Waals surface area contributed by atoms with Crippen LogP contribution in [0, 0.1) is 0 Å². The maximum Gasteiger partial charge on any atom is 0.166 e. The third-order valence-electron chi connectivity index (χ3n) is 3.49. The van der Waals surface area contributed by atoms with Crippen molar-refractivity contribution in [2.75, 3.05) is 44.1 Å². The first-order valence-corrected chi connectivity index (χ1v) is 9.03. The van der Waals surface area contributed by atoms with Gasteiger partial charge in [-0.25, -0.2) is 8.42 Å². The van der Waals surface area contributed by atoms with Crippen LogP contribution in [-0.4, -0.2) is 68.3 Å². The lowest BCUT2D eigenvalue weighted by atomic mass is 10.0. The van der Waals surface area contributed by atoms with Gasteiger partial charge in [-0.1, -0.05) is 6.92 Å². The summed E-state index contributed by atoms with van der Waals surface area (Å²) in [6, 6.07) is 0. The Bertz CT molecular complexity index is 361. The SMILES string of the molecule is CCS(=O)(=O)C1CSCCN1C(C)(CN)COC. The lowest BCUT2D eigenvalue weighted by molar-refractivity contribution is 0.0241. The van der Waals surface area contributed by atoms with E-state index in [1.54, 1.807) is 25.8 Å². The topological polar surface area (TPSA) is 72.6 Å². The van der Waals surface area contributed by atoms with Gasteiger partial charge in [-0.2, -0.15) is 11.8 Å². The lowest BCUT2D eigenvalue weighted by Crippen LogP contribution is -2.63. The zero-order valence-electron chi connectivity index (χ0n) is 11.4. The lowest BCUT2D eigenvalue weighted by Gasteiger charge is -2.46. The summed E-state index contributed by atoms with van der Waals surface area (Å²) in [6.07, 6.45) is 0. The second-order valence-corrected chi connectivity index (χ2v) is 8.41. The molecule has 7 heteroatoms. The van der Waals surface area contributed by atoms with E-state index in [0.29, 0.717) is 18.9 Å². The van der Waals surface area contributed by atoms with Crippen LogP contribution in [0.1, 0.15) is 13.8 Å². The van der Waals surface area contributed by atoms with Gasteiger partial charge in [0.25, 0.3) is 0 Å². The number of rotatable bonds is 6. The number of nitrogens with two attached hydrogens (primary N) is 1. The predicted octanol–water partition coefficient (Wildman–Crippen LogP) is 0.160. The molecular formula is C11H24N2O3S2. The van der Waals surface area contributed by atoms with Crippen molar-refractivity contribution in [2.24, 2.45) is 5.73 Å². The Kier molecular flexibility index (Phi) is 5.92. The fourth-order valence-electron chi connectivity index (χ4n) is 2.26. The van der Waals surface area contributed by atoms with Crippen molar-refractivity contribution in [3.05, 3.63) is 0 Å². The number of nitrogens with zero attached hydrogens (tertiary/aromatic N) is 1. The van der Waals surface area contributed by atoms with E-state index in [4.69, 9.17) is 10.5 Å². The van der Waals surface area contributed by atoms with E-state index in [1.807, 2.05) is 11.8 Å². The standard InChI is InChI=1S/C11H24N2O3S2/c1-4-18(14,15)10-7-17-6-5-13(10)11(2,8-12)9-16-3/h10H,4-9,12H2,1-3H3. The molecule has 0 bridgehead atoms. The average Bonchev–Trinajstić information content (AvgIpc) is 2.39. The van der Waals surface area contributed by atoms with Crippen LogP contribution in [0.4, 0.5) is 0 Å². The van der Waals surface area contributed by atoms with Crippen molar-refractivity contribution in [3.8, 4) is 0 Å². The highest BCUT2D eigenvalue weighted by molar-refractivity contribution is 8.01. The second-order valence-electron chi connectivity index (χ2n) is 4.81. The van der Waals surface area contributed by atoms with Gasteiger partial charge in [0.15, 0.2) is 9.84 Å². The molecule has 0 aromatic heterocycles.